The molecule has 0 heterocycles. The second kappa shape index (κ2) is 10.8. The van der Waals surface area contributed by atoms with Crippen LogP contribution < -0.4 is 5.14 Å². The van der Waals surface area contributed by atoms with E-state index in [1.165, 1.54) is 38.5 Å². The summed E-state index contributed by atoms with van der Waals surface area (Å²) in [6, 6.07) is 0. The molecule has 0 spiro atoms. The van der Waals surface area contributed by atoms with Crippen molar-refractivity contribution in [3.63, 3.8) is 0 Å². The molecule has 0 saturated heterocycles. The van der Waals surface area contributed by atoms with E-state index in [1.807, 2.05) is 0 Å². The van der Waals surface area contributed by atoms with Crippen LogP contribution in [0.5, 0.6) is 0 Å². The minimum Gasteiger partial charge on any atom is -0.229 e. The molecule has 0 unspecified atom stereocenters. The zero-order valence-corrected chi connectivity index (χ0v) is 13.0. The van der Waals surface area contributed by atoms with Crippen LogP contribution in [0, 0.1) is 5.92 Å². The highest BCUT2D eigenvalue weighted by Crippen LogP contribution is 2.19. The highest BCUT2D eigenvalue weighted by Gasteiger charge is 2.15. The molecule has 0 atom stereocenters. The Morgan fingerprint density at radius 2 is 1.28 bits per heavy atom. The molecule has 18 heavy (non-hydrogen) atoms. The third kappa shape index (κ3) is 12.4. The Hall–Kier alpha value is -0.0900. The monoisotopic (exact) mass is 277 g/mol. The minimum absolute atomic E-state index is 0.172. The topological polar surface area (TPSA) is 60.2 Å². The molecular formula is C14H31NO2S. The van der Waals surface area contributed by atoms with Crippen molar-refractivity contribution >= 4 is 10.0 Å². The Balaban J connectivity index is 3.92. The molecule has 0 aromatic carbocycles. The van der Waals surface area contributed by atoms with Crippen molar-refractivity contribution in [1.29, 1.82) is 0 Å². The van der Waals surface area contributed by atoms with E-state index in [0.29, 0.717) is 0 Å². The van der Waals surface area contributed by atoms with Crippen molar-refractivity contribution in [2.24, 2.45) is 11.1 Å². The highest BCUT2D eigenvalue weighted by molar-refractivity contribution is 7.89. The molecule has 0 radical (unpaired) electrons. The molecule has 0 aliphatic carbocycles. The van der Waals surface area contributed by atoms with Gasteiger partial charge in [0.25, 0.3) is 0 Å². The zero-order valence-electron chi connectivity index (χ0n) is 12.2. The number of hydrogen-bond donors (Lipinski definition) is 1. The lowest BCUT2D eigenvalue weighted by molar-refractivity contribution is 0.434. The fourth-order valence-corrected chi connectivity index (χ4v) is 3.35. The summed E-state index contributed by atoms with van der Waals surface area (Å²) in [7, 11) is -3.31. The van der Waals surface area contributed by atoms with Crippen LogP contribution in [0.3, 0.4) is 0 Å². The zero-order chi connectivity index (χ0) is 13.9. The van der Waals surface area contributed by atoms with Crippen LogP contribution in [0.1, 0.15) is 78.1 Å². The Bertz CT molecular complexity index is 264. The predicted octanol–water partition coefficient (Wildman–Crippen LogP) is 3.83. The summed E-state index contributed by atoms with van der Waals surface area (Å²) < 4.78 is 22.4. The summed E-state index contributed by atoms with van der Waals surface area (Å²) >= 11 is 0. The van der Waals surface area contributed by atoms with Gasteiger partial charge in [0.2, 0.25) is 10.0 Å². The molecule has 0 aromatic rings. The van der Waals surface area contributed by atoms with Crippen LogP contribution in [0.2, 0.25) is 0 Å². The lowest BCUT2D eigenvalue weighted by atomic mass is 9.96. The third-order valence-electron chi connectivity index (χ3n) is 3.40. The Kier molecular flexibility index (Phi) is 10.7. The van der Waals surface area contributed by atoms with E-state index in [0.717, 1.165) is 25.7 Å². The second-order valence-electron chi connectivity index (χ2n) is 5.39. The standard InChI is InChI=1S/C14H31NO2S/c1-3-5-7-9-11-14(13-18(15,16)17)12-10-8-6-4-2/h14H,3-13H2,1-2H3,(H2,15,16,17). The van der Waals surface area contributed by atoms with Gasteiger partial charge in [-0.25, -0.2) is 13.6 Å². The Morgan fingerprint density at radius 3 is 1.61 bits per heavy atom. The lowest BCUT2D eigenvalue weighted by Crippen LogP contribution is -2.23. The first-order chi connectivity index (χ1) is 8.49. The van der Waals surface area contributed by atoms with Crippen LogP contribution in [-0.4, -0.2) is 14.2 Å². The average Bonchev–Trinajstić information content (AvgIpc) is 2.28. The van der Waals surface area contributed by atoms with E-state index < -0.39 is 10.0 Å². The van der Waals surface area contributed by atoms with E-state index in [1.54, 1.807) is 0 Å². The predicted molar refractivity (Wildman–Crippen MR) is 79.0 cm³/mol. The van der Waals surface area contributed by atoms with Crippen LogP contribution >= 0.6 is 0 Å². The number of nitrogens with two attached hydrogens (primary N) is 1. The average molecular weight is 277 g/mol. The maximum atomic E-state index is 11.2. The fraction of sp³-hybridized carbons (Fsp3) is 1.00. The number of primary sulfonamides is 1. The summed E-state index contributed by atoms with van der Waals surface area (Å²) in [5, 5.41) is 5.17. The van der Waals surface area contributed by atoms with Crippen LogP contribution in [-0.2, 0) is 10.0 Å². The number of hydrogen-bond acceptors (Lipinski definition) is 2. The van der Waals surface area contributed by atoms with Gasteiger partial charge in [-0.15, -0.1) is 0 Å². The van der Waals surface area contributed by atoms with Crippen molar-refractivity contribution in [1.82, 2.24) is 0 Å². The second-order valence-corrected chi connectivity index (χ2v) is 7.05. The molecule has 3 nitrogen and oxygen atoms in total. The van der Waals surface area contributed by atoms with Gasteiger partial charge >= 0.3 is 0 Å². The first kappa shape index (κ1) is 17.9. The van der Waals surface area contributed by atoms with Gasteiger partial charge in [-0.2, -0.15) is 0 Å². The molecule has 110 valence electrons. The van der Waals surface area contributed by atoms with Crippen LogP contribution in [0.4, 0.5) is 0 Å². The van der Waals surface area contributed by atoms with Crippen molar-refractivity contribution in [2.45, 2.75) is 78.1 Å². The van der Waals surface area contributed by atoms with Crippen molar-refractivity contribution in [2.75, 3.05) is 5.75 Å². The summed E-state index contributed by atoms with van der Waals surface area (Å²) in [6.07, 6.45) is 11.7. The van der Waals surface area contributed by atoms with E-state index in [2.05, 4.69) is 13.8 Å². The van der Waals surface area contributed by atoms with Crippen LogP contribution in [0.25, 0.3) is 0 Å². The van der Waals surface area contributed by atoms with Crippen LogP contribution in [0.15, 0.2) is 0 Å². The first-order valence-electron chi connectivity index (χ1n) is 7.50. The van der Waals surface area contributed by atoms with Gasteiger partial charge in [0.05, 0.1) is 5.75 Å². The van der Waals surface area contributed by atoms with Gasteiger partial charge in [-0.3, -0.25) is 0 Å². The summed E-state index contributed by atoms with van der Waals surface area (Å²) in [5.41, 5.74) is 0. The van der Waals surface area contributed by atoms with Crippen molar-refractivity contribution < 1.29 is 8.42 Å². The van der Waals surface area contributed by atoms with Gasteiger partial charge in [-0.1, -0.05) is 65.2 Å². The molecule has 0 aromatic heterocycles. The lowest BCUT2D eigenvalue weighted by Gasteiger charge is -2.15. The number of unbranched alkanes of at least 4 members (excludes halogenated alkanes) is 6. The molecular weight excluding hydrogens is 246 g/mol. The quantitative estimate of drug-likeness (QED) is 0.551. The first-order valence-corrected chi connectivity index (χ1v) is 9.21. The van der Waals surface area contributed by atoms with E-state index in [-0.39, 0.29) is 11.7 Å². The Morgan fingerprint density at radius 1 is 0.833 bits per heavy atom. The third-order valence-corrected chi connectivity index (χ3v) is 4.34. The Labute approximate surface area is 114 Å². The fourth-order valence-electron chi connectivity index (χ4n) is 2.36. The minimum atomic E-state index is -3.31. The van der Waals surface area contributed by atoms with Gasteiger partial charge in [0.1, 0.15) is 0 Å². The maximum Gasteiger partial charge on any atom is 0.209 e. The molecule has 0 aliphatic rings. The molecule has 0 aliphatic heterocycles. The molecule has 4 heteroatoms. The molecule has 0 saturated carbocycles. The van der Waals surface area contributed by atoms with Gasteiger partial charge in [0.15, 0.2) is 0 Å². The summed E-state index contributed by atoms with van der Waals surface area (Å²) in [5.74, 6) is 0.444. The van der Waals surface area contributed by atoms with Gasteiger partial charge < -0.3 is 0 Å². The van der Waals surface area contributed by atoms with E-state index in [9.17, 15) is 8.42 Å². The summed E-state index contributed by atoms with van der Waals surface area (Å²) in [4.78, 5) is 0. The van der Waals surface area contributed by atoms with Gasteiger partial charge in [0, 0.05) is 0 Å². The van der Waals surface area contributed by atoms with Crippen molar-refractivity contribution in [3.8, 4) is 0 Å². The molecule has 0 fully saturated rings. The largest absolute Gasteiger partial charge is 0.229 e. The van der Waals surface area contributed by atoms with E-state index >= 15 is 0 Å². The van der Waals surface area contributed by atoms with E-state index in [4.69, 9.17) is 5.14 Å². The summed E-state index contributed by atoms with van der Waals surface area (Å²) in [6.45, 7) is 4.37. The molecule has 0 amide bonds. The van der Waals surface area contributed by atoms with Gasteiger partial charge in [-0.05, 0) is 18.8 Å². The molecule has 0 bridgehead atoms. The normalized spacial score (nSPS) is 12.2. The molecule has 0 rings (SSSR count). The number of rotatable bonds is 12. The SMILES string of the molecule is CCCCCCC(CCCCCC)CS(N)(=O)=O. The maximum absolute atomic E-state index is 11.2. The smallest absolute Gasteiger partial charge is 0.209 e. The number of sulfonamides is 1. The molecule has 2 N–H and O–H groups in total. The van der Waals surface area contributed by atoms with Crippen molar-refractivity contribution in [3.05, 3.63) is 0 Å². The highest BCUT2D eigenvalue weighted by atomic mass is 32.2.